The molecule has 11 rings (SSSR count). The summed E-state index contributed by atoms with van der Waals surface area (Å²) in [7, 11) is 0. The molecule has 0 saturated heterocycles. The number of hydrogen-bond acceptors (Lipinski definition) is 4. The van der Waals surface area contributed by atoms with Gasteiger partial charge in [-0.15, -0.1) is 0 Å². The van der Waals surface area contributed by atoms with Gasteiger partial charge in [0.15, 0.2) is 5.58 Å². The van der Waals surface area contributed by atoms with E-state index in [1.54, 1.807) is 0 Å². The monoisotopic (exact) mass is 730 g/mol. The van der Waals surface area contributed by atoms with Crippen LogP contribution in [0.4, 0.5) is 17.1 Å². The number of nitrogens with zero attached hydrogens (tertiary/aromatic N) is 2. The van der Waals surface area contributed by atoms with Gasteiger partial charge in [0.2, 0.25) is 5.89 Å². The molecule has 0 fully saturated rings. The quantitative estimate of drug-likeness (QED) is 0.164. The third-order valence-corrected chi connectivity index (χ3v) is 10.9. The van der Waals surface area contributed by atoms with Crippen molar-refractivity contribution in [1.82, 2.24) is 4.98 Å². The minimum atomic E-state index is 0.602. The normalized spacial score (nSPS) is 11.5. The summed E-state index contributed by atoms with van der Waals surface area (Å²) in [5.41, 5.74) is 14.3. The Morgan fingerprint density at radius 2 is 0.930 bits per heavy atom. The van der Waals surface area contributed by atoms with Crippen LogP contribution in [0.3, 0.4) is 0 Å². The summed E-state index contributed by atoms with van der Waals surface area (Å²) in [6, 6.07) is 72.6. The van der Waals surface area contributed by atoms with E-state index < -0.39 is 0 Å². The molecule has 0 aliphatic rings. The van der Waals surface area contributed by atoms with Gasteiger partial charge in [0.1, 0.15) is 16.7 Å². The van der Waals surface area contributed by atoms with E-state index >= 15 is 0 Å². The van der Waals surface area contributed by atoms with Crippen molar-refractivity contribution in [3.63, 3.8) is 0 Å². The molecular formula is C53H34N2O2. The maximum Gasteiger partial charge on any atom is 0.227 e. The van der Waals surface area contributed by atoms with E-state index in [1.165, 1.54) is 33.0 Å². The number of oxazole rings is 1. The van der Waals surface area contributed by atoms with Gasteiger partial charge in [-0.05, 0) is 111 Å². The van der Waals surface area contributed by atoms with Crippen molar-refractivity contribution in [2.45, 2.75) is 0 Å². The zero-order valence-electron chi connectivity index (χ0n) is 30.8. The van der Waals surface area contributed by atoms with Crippen LogP contribution in [0.2, 0.25) is 0 Å². The molecule has 0 aliphatic carbocycles. The molecule has 2 heterocycles. The predicted octanol–water partition coefficient (Wildman–Crippen LogP) is 15.0. The fourth-order valence-corrected chi connectivity index (χ4v) is 8.06. The molecule has 0 radical (unpaired) electrons. The second-order valence-electron chi connectivity index (χ2n) is 14.4. The maximum atomic E-state index is 6.32. The Bertz CT molecular complexity index is 3210. The number of hydrogen-bond donors (Lipinski definition) is 0. The predicted molar refractivity (Wildman–Crippen MR) is 235 cm³/mol. The Morgan fingerprint density at radius 3 is 1.70 bits per heavy atom. The van der Waals surface area contributed by atoms with Gasteiger partial charge >= 0.3 is 0 Å². The van der Waals surface area contributed by atoms with E-state index in [2.05, 4.69) is 175 Å². The van der Waals surface area contributed by atoms with Crippen LogP contribution < -0.4 is 4.90 Å². The van der Waals surface area contributed by atoms with Crippen molar-refractivity contribution in [2.24, 2.45) is 0 Å². The van der Waals surface area contributed by atoms with Crippen molar-refractivity contribution in [1.29, 1.82) is 0 Å². The Morgan fingerprint density at radius 1 is 0.333 bits per heavy atom. The minimum Gasteiger partial charge on any atom is -0.456 e. The average molecular weight is 731 g/mol. The van der Waals surface area contributed by atoms with Gasteiger partial charge in [0, 0.05) is 39.5 Å². The van der Waals surface area contributed by atoms with E-state index in [1.807, 2.05) is 36.4 Å². The topological polar surface area (TPSA) is 42.4 Å². The first-order valence-corrected chi connectivity index (χ1v) is 19.2. The molecule has 4 heteroatoms. The number of rotatable bonds is 7. The van der Waals surface area contributed by atoms with Crippen LogP contribution in [0.1, 0.15) is 0 Å². The van der Waals surface area contributed by atoms with Crippen LogP contribution in [0.5, 0.6) is 0 Å². The van der Waals surface area contributed by atoms with Crippen LogP contribution in [0, 0.1) is 0 Å². The van der Waals surface area contributed by atoms with Gasteiger partial charge in [-0.3, -0.25) is 0 Å². The summed E-state index contributed by atoms with van der Waals surface area (Å²) in [5.74, 6) is 0.602. The van der Waals surface area contributed by atoms with Crippen molar-refractivity contribution < 1.29 is 8.83 Å². The van der Waals surface area contributed by atoms with Gasteiger partial charge in [-0.2, -0.15) is 0 Å². The zero-order valence-corrected chi connectivity index (χ0v) is 30.8. The molecule has 0 bridgehead atoms. The second-order valence-corrected chi connectivity index (χ2v) is 14.4. The Kier molecular flexibility index (Phi) is 7.78. The molecule has 268 valence electrons. The number of anilines is 3. The standard InChI is InChI=1S/C53H34N2O2/c1-3-11-35(12-4-1)36-21-26-42(27-22-36)55(44-18-9-17-41(31-44)46-20-10-16-38-13-7-8-19-45(38)46)43-28-23-37(24-29-43)40-25-30-50-47(32-40)48-33-49-52(34-51(48)56-50)57-53(54-49)39-14-5-2-6-15-39/h1-34H. The smallest absolute Gasteiger partial charge is 0.227 e. The number of aromatic nitrogens is 1. The number of fused-ring (bicyclic) bond motifs is 5. The van der Waals surface area contributed by atoms with Crippen LogP contribution in [-0.4, -0.2) is 4.98 Å². The van der Waals surface area contributed by atoms with E-state index in [0.29, 0.717) is 11.5 Å². The van der Waals surface area contributed by atoms with E-state index in [9.17, 15) is 0 Å². The molecule has 11 aromatic rings. The lowest BCUT2D eigenvalue weighted by Crippen LogP contribution is -2.10. The number of benzene rings is 9. The highest BCUT2D eigenvalue weighted by molar-refractivity contribution is 6.10. The first kappa shape index (κ1) is 32.7. The Balaban J connectivity index is 0.978. The lowest BCUT2D eigenvalue weighted by atomic mass is 9.97. The van der Waals surface area contributed by atoms with Gasteiger partial charge < -0.3 is 13.7 Å². The van der Waals surface area contributed by atoms with E-state index in [4.69, 9.17) is 13.8 Å². The third kappa shape index (κ3) is 5.92. The molecule has 0 spiro atoms. The molecule has 4 nitrogen and oxygen atoms in total. The summed E-state index contributed by atoms with van der Waals surface area (Å²) in [6.45, 7) is 0. The molecule has 0 saturated carbocycles. The van der Waals surface area contributed by atoms with Crippen LogP contribution in [0.25, 0.3) is 88.6 Å². The largest absolute Gasteiger partial charge is 0.456 e. The summed E-state index contributed by atoms with van der Waals surface area (Å²) >= 11 is 0. The maximum absolute atomic E-state index is 6.32. The van der Waals surface area contributed by atoms with Crippen molar-refractivity contribution in [3.05, 3.63) is 206 Å². The zero-order chi connectivity index (χ0) is 37.7. The molecule has 0 aliphatic heterocycles. The summed E-state index contributed by atoms with van der Waals surface area (Å²) in [6.07, 6.45) is 0. The highest BCUT2D eigenvalue weighted by Crippen LogP contribution is 2.41. The lowest BCUT2D eigenvalue weighted by molar-refractivity contribution is 0.617. The molecule has 57 heavy (non-hydrogen) atoms. The average Bonchev–Trinajstić information content (AvgIpc) is 3.87. The van der Waals surface area contributed by atoms with Gasteiger partial charge in [0.25, 0.3) is 0 Å². The summed E-state index contributed by atoms with van der Waals surface area (Å²) in [5, 5.41) is 4.53. The molecule has 2 aromatic heterocycles. The molecular weight excluding hydrogens is 697 g/mol. The first-order chi connectivity index (χ1) is 28.2. The highest BCUT2D eigenvalue weighted by Gasteiger charge is 2.17. The third-order valence-electron chi connectivity index (χ3n) is 10.9. The Labute approximate surface area is 329 Å². The second kappa shape index (κ2) is 13.6. The molecule has 0 N–H and O–H groups in total. The SMILES string of the molecule is c1ccc(-c2ccc(N(c3ccc(-c4ccc5oc6cc7oc(-c8ccccc8)nc7cc6c5c4)cc3)c3cccc(-c4cccc5ccccc45)c3)cc2)cc1. The van der Waals surface area contributed by atoms with Crippen molar-refractivity contribution in [2.75, 3.05) is 4.90 Å². The molecule has 0 amide bonds. The van der Waals surface area contributed by atoms with Gasteiger partial charge in [0.05, 0.1) is 0 Å². The van der Waals surface area contributed by atoms with Crippen LogP contribution >= 0.6 is 0 Å². The molecule has 0 unspecified atom stereocenters. The highest BCUT2D eigenvalue weighted by atomic mass is 16.4. The van der Waals surface area contributed by atoms with Gasteiger partial charge in [-0.1, -0.05) is 133 Å². The van der Waals surface area contributed by atoms with Crippen molar-refractivity contribution >= 4 is 60.9 Å². The fourth-order valence-electron chi connectivity index (χ4n) is 8.06. The van der Waals surface area contributed by atoms with E-state index in [0.717, 1.165) is 61.2 Å². The van der Waals surface area contributed by atoms with Crippen LogP contribution in [-0.2, 0) is 0 Å². The van der Waals surface area contributed by atoms with Crippen molar-refractivity contribution in [3.8, 4) is 44.8 Å². The summed E-state index contributed by atoms with van der Waals surface area (Å²) in [4.78, 5) is 7.16. The molecule has 9 aromatic carbocycles. The van der Waals surface area contributed by atoms with Crippen LogP contribution in [0.15, 0.2) is 215 Å². The van der Waals surface area contributed by atoms with E-state index in [-0.39, 0.29) is 0 Å². The number of furan rings is 1. The lowest BCUT2D eigenvalue weighted by Gasteiger charge is -2.26. The Hall–Kier alpha value is -7.69. The van der Waals surface area contributed by atoms with Gasteiger partial charge in [-0.25, -0.2) is 4.98 Å². The molecule has 0 atom stereocenters. The minimum absolute atomic E-state index is 0.602. The fraction of sp³-hybridized carbons (Fsp3) is 0. The summed E-state index contributed by atoms with van der Waals surface area (Å²) < 4.78 is 12.5. The first-order valence-electron chi connectivity index (χ1n) is 19.2.